The van der Waals surface area contributed by atoms with Crippen LogP contribution >= 0.6 is 11.3 Å². The molecule has 0 fully saturated rings. The zero-order valence-corrected chi connectivity index (χ0v) is 12.1. The predicted molar refractivity (Wildman–Crippen MR) is 81.8 cm³/mol. The first kappa shape index (κ1) is 13.5. The van der Waals surface area contributed by atoms with Crippen LogP contribution in [-0.2, 0) is 6.54 Å². The van der Waals surface area contributed by atoms with Gasteiger partial charge >= 0.3 is 0 Å². The number of thiazole rings is 1. The van der Waals surface area contributed by atoms with E-state index < -0.39 is 4.92 Å². The largest absolute Gasteiger partial charge is 0.362 e. The maximum atomic E-state index is 10.9. The van der Waals surface area contributed by atoms with Crippen LogP contribution in [0.15, 0.2) is 30.6 Å². The molecule has 2 heterocycles. The number of benzene rings is 1. The van der Waals surface area contributed by atoms with Crippen LogP contribution in [0.25, 0.3) is 10.9 Å². The summed E-state index contributed by atoms with van der Waals surface area (Å²) in [6, 6.07) is 4.76. The number of anilines is 1. The summed E-state index contributed by atoms with van der Waals surface area (Å²) in [5.41, 5.74) is 0.824. The van der Waals surface area contributed by atoms with Crippen molar-refractivity contribution in [3.05, 3.63) is 45.6 Å². The smallest absolute Gasteiger partial charge is 0.271 e. The lowest BCUT2D eigenvalue weighted by molar-refractivity contribution is -0.384. The van der Waals surface area contributed by atoms with E-state index in [1.807, 2.05) is 6.92 Å². The number of fused-ring (bicyclic) bond motifs is 1. The zero-order chi connectivity index (χ0) is 14.8. The topological polar surface area (TPSA) is 85.9 Å². The molecule has 1 aromatic carbocycles. The number of hydrogen-bond acceptors (Lipinski definition) is 6. The number of non-ortho nitro benzene ring substituents is 1. The molecule has 1 N–H and O–H groups in total. The normalized spacial score (nSPS) is 10.9. The van der Waals surface area contributed by atoms with Gasteiger partial charge in [-0.1, -0.05) is 0 Å². The fourth-order valence-electron chi connectivity index (χ4n) is 2.06. The van der Waals surface area contributed by atoms with Gasteiger partial charge in [-0.3, -0.25) is 14.8 Å². The number of nitro groups is 1. The number of rotatable bonds is 5. The lowest BCUT2D eigenvalue weighted by Crippen LogP contribution is -2.00. The molecule has 108 valence electrons. The first-order chi connectivity index (χ1) is 10.2. The molecule has 3 rings (SSSR count). The minimum absolute atomic E-state index is 0.0712. The standard InChI is InChI=1S/C13H13N5O2S/c1-2-14-13-15-7-11(21-13)8-17-12-5-10(18(19)20)4-3-9(12)6-16-17/h3-7H,2,8H2,1H3,(H,14,15). The first-order valence-corrected chi connectivity index (χ1v) is 7.27. The molecule has 3 aromatic rings. The van der Waals surface area contributed by atoms with Crippen molar-refractivity contribution in [1.29, 1.82) is 0 Å². The molecule has 7 nitrogen and oxygen atoms in total. The second kappa shape index (κ2) is 5.49. The van der Waals surface area contributed by atoms with Gasteiger partial charge in [-0.05, 0) is 13.0 Å². The van der Waals surface area contributed by atoms with Crippen molar-refractivity contribution < 1.29 is 4.92 Å². The molecule has 0 bridgehead atoms. The van der Waals surface area contributed by atoms with E-state index in [0.29, 0.717) is 6.54 Å². The van der Waals surface area contributed by atoms with Crippen LogP contribution < -0.4 is 5.32 Å². The Hall–Kier alpha value is -2.48. The van der Waals surface area contributed by atoms with Crippen LogP contribution in [-0.4, -0.2) is 26.2 Å². The van der Waals surface area contributed by atoms with Crippen molar-refractivity contribution in [1.82, 2.24) is 14.8 Å². The SMILES string of the molecule is CCNc1ncc(Cn2ncc3ccc([N+](=O)[O-])cc32)s1. The maximum absolute atomic E-state index is 10.9. The highest BCUT2D eigenvalue weighted by molar-refractivity contribution is 7.15. The van der Waals surface area contributed by atoms with Gasteiger partial charge in [0.15, 0.2) is 5.13 Å². The fourth-order valence-corrected chi connectivity index (χ4v) is 2.92. The lowest BCUT2D eigenvalue weighted by Gasteiger charge is -2.01. The van der Waals surface area contributed by atoms with Crippen LogP contribution in [0.2, 0.25) is 0 Å². The van der Waals surface area contributed by atoms with Crippen LogP contribution in [0.3, 0.4) is 0 Å². The molecule has 0 aliphatic heterocycles. The van der Waals surface area contributed by atoms with Crippen molar-refractivity contribution in [3.63, 3.8) is 0 Å². The van der Waals surface area contributed by atoms with Gasteiger partial charge < -0.3 is 5.32 Å². The van der Waals surface area contributed by atoms with Gasteiger partial charge in [0.2, 0.25) is 0 Å². The molecule has 0 atom stereocenters. The van der Waals surface area contributed by atoms with Gasteiger partial charge in [0.05, 0.1) is 23.2 Å². The summed E-state index contributed by atoms with van der Waals surface area (Å²) >= 11 is 1.56. The Morgan fingerprint density at radius 1 is 1.43 bits per heavy atom. The lowest BCUT2D eigenvalue weighted by atomic mass is 10.2. The van der Waals surface area contributed by atoms with Crippen molar-refractivity contribution >= 4 is 33.1 Å². The summed E-state index contributed by atoms with van der Waals surface area (Å²) in [4.78, 5) is 15.8. The summed E-state index contributed by atoms with van der Waals surface area (Å²) in [6.07, 6.45) is 3.51. The summed E-state index contributed by atoms with van der Waals surface area (Å²) < 4.78 is 1.76. The minimum Gasteiger partial charge on any atom is -0.362 e. The molecule has 2 aromatic heterocycles. The van der Waals surface area contributed by atoms with E-state index >= 15 is 0 Å². The average Bonchev–Trinajstić information content (AvgIpc) is 3.07. The zero-order valence-electron chi connectivity index (χ0n) is 11.3. The van der Waals surface area contributed by atoms with Gasteiger partial charge in [0.1, 0.15) is 0 Å². The maximum Gasteiger partial charge on any atom is 0.271 e. The van der Waals surface area contributed by atoms with E-state index in [0.717, 1.165) is 27.5 Å². The molecule has 0 saturated carbocycles. The van der Waals surface area contributed by atoms with Crippen molar-refractivity contribution in [2.45, 2.75) is 13.5 Å². The molecular weight excluding hydrogens is 290 g/mol. The summed E-state index contributed by atoms with van der Waals surface area (Å²) in [5.74, 6) is 0. The van der Waals surface area contributed by atoms with E-state index in [9.17, 15) is 10.1 Å². The van der Waals surface area contributed by atoms with Crippen LogP contribution in [0.5, 0.6) is 0 Å². The highest BCUT2D eigenvalue weighted by Crippen LogP contribution is 2.23. The molecule has 0 aliphatic rings. The molecule has 0 aliphatic carbocycles. The van der Waals surface area contributed by atoms with Crippen molar-refractivity contribution in [2.24, 2.45) is 0 Å². The first-order valence-electron chi connectivity index (χ1n) is 6.46. The van der Waals surface area contributed by atoms with Gasteiger partial charge in [0.25, 0.3) is 5.69 Å². The number of hydrogen-bond donors (Lipinski definition) is 1. The van der Waals surface area contributed by atoms with E-state index in [4.69, 9.17) is 0 Å². The van der Waals surface area contributed by atoms with E-state index in [2.05, 4.69) is 15.4 Å². The molecule has 0 radical (unpaired) electrons. The molecule has 0 amide bonds. The quantitative estimate of drug-likeness (QED) is 0.578. The second-order valence-corrected chi connectivity index (χ2v) is 5.58. The van der Waals surface area contributed by atoms with Crippen LogP contribution in [0, 0.1) is 10.1 Å². The van der Waals surface area contributed by atoms with Crippen LogP contribution in [0.4, 0.5) is 10.8 Å². The number of nitrogens with zero attached hydrogens (tertiary/aromatic N) is 4. The Balaban J connectivity index is 1.92. The highest BCUT2D eigenvalue weighted by atomic mass is 32.1. The third-order valence-electron chi connectivity index (χ3n) is 3.03. The van der Waals surface area contributed by atoms with E-state index in [1.165, 1.54) is 6.07 Å². The minimum atomic E-state index is -0.396. The predicted octanol–water partition coefficient (Wildman–Crippen LogP) is 2.88. The molecule has 0 saturated heterocycles. The fraction of sp³-hybridized carbons (Fsp3) is 0.231. The second-order valence-electron chi connectivity index (χ2n) is 4.46. The molecule has 8 heteroatoms. The Morgan fingerprint density at radius 2 is 2.29 bits per heavy atom. The Labute approximate surface area is 124 Å². The number of nitro benzene ring substituents is 1. The number of nitrogens with one attached hydrogen (secondary N) is 1. The summed E-state index contributed by atoms with van der Waals surface area (Å²) in [7, 11) is 0. The van der Waals surface area contributed by atoms with Gasteiger partial charge in [0, 0.05) is 35.1 Å². The van der Waals surface area contributed by atoms with Gasteiger partial charge in [-0.25, -0.2) is 4.98 Å². The van der Waals surface area contributed by atoms with Gasteiger partial charge in [-0.15, -0.1) is 11.3 Å². The third-order valence-corrected chi connectivity index (χ3v) is 3.97. The Kier molecular flexibility index (Phi) is 3.53. The van der Waals surface area contributed by atoms with Gasteiger partial charge in [-0.2, -0.15) is 5.10 Å². The van der Waals surface area contributed by atoms with Crippen molar-refractivity contribution in [3.8, 4) is 0 Å². The Bertz CT molecular complexity index is 795. The van der Waals surface area contributed by atoms with E-state index in [1.54, 1.807) is 40.5 Å². The molecule has 0 unspecified atom stereocenters. The third kappa shape index (κ3) is 2.70. The molecular formula is C13H13N5O2S. The summed E-state index contributed by atoms with van der Waals surface area (Å²) in [5, 5.41) is 20.1. The highest BCUT2D eigenvalue weighted by Gasteiger charge is 2.11. The summed E-state index contributed by atoms with van der Waals surface area (Å²) in [6.45, 7) is 3.39. The van der Waals surface area contributed by atoms with Crippen LogP contribution in [0.1, 0.15) is 11.8 Å². The van der Waals surface area contributed by atoms with E-state index in [-0.39, 0.29) is 5.69 Å². The Morgan fingerprint density at radius 3 is 3.05 bits per heavy atom. The average molecular weight is 303 g/mol. The monoisotopic (exact) mass is 303 g/mol. The molecule has 0 spiro atoms. The number of aromatic nitrogens is 3. The molecule has 21 heavy (non-hydrogen) atoms. The van der Waals surface area contributed by atoms with Crippen molar-refractivity contribution in [2.75, 3.05) is 11.9 Å².